The maximum atomic E-state index is 13.5. The molecule has 2 atom stereocenters. The minimum atomic E-state index is -0.253. The molecule has 31 heavy (non-hydrogen) atoms. The number of Topliss-reactive ketones (excluding diaryl/α,β-unsaturated/α-hetero) is 1. The molecule has 2 fully saturated rings. The number of hydrogen-bond donors (Lipinski definition) is 0. The van der Waals surface area contributed by atoms with E-state index in [0.717, 1.165) is 35.7 Å². The number of ether oxygens (including phenoxy) is 1. The molecule has 0 aliphatic carbocycles. The molecule has 2 aliphatic rings. The van der Waals surface area contributed by atoms with Crippen molar-refractivity contribution in [3.63, 3.8) is 0 Å². The molecule has 0 N–H and O–H groups in total. The first-order chi connectivity index (χ1) is 15.2. The zero-order valence-electron chi connectivity index (χ0n) is 17.4. The Hall–Kier alpha value is -3.21. The molecule has 5 rings (SSSR count). The highest BCUT2D eigenvalue weighted by Gasteiger charge is 2.44. The van der Waals surface area contributed by atoms with Gasteiger partial charge in [0.2, 0.25) is 0 Å². The second-order valence-corrected chi connectivity index (χ2v) is 8.60. The molecule has 5 heteroatoms. The van der Waals surface area contributed by atoms with Crippen molar-refractivity contribution in [2.75, 3.05) is 0 Å². The molecule has 3 aromatic rings. The van der Waals surface area contributed by atoms with Crippen LogP contribution in [0.25, 0.3) is 10.9 Å². The number of nitrogens with zero attached hydrogens (tertiary/aromatic N) is 2. The number of rotatable bonds is 4. The van der Waals surface area contributed by atoms with E-state index in [-0.39, 0.29) is 36.5 Å². The van der Waals surface area contributed by atoms with Crippen LogP contribution in [-0.2, 0) is 11.3 Å². The zero-order chi connectivity index (χ0) is 21.2. The first kappa shape index (κ1) is 19.7. The van der Waals surface area contributed by atoms with Gasteiger partial charge in [-0.05, 0) is 49.8 Å². The van der Waals surface area contributed by atoms with Crippen LogP contribution < -0.4 is 0 Å². The molecule has 2 aliphatic heterocycles. The van der Waals surface area contributed by atoms with Crippen molar-refractivity contribution < 1.29 is 14.3 Å². The number of benzene rings is 2. The summed E-state index contributed by atoms with van der Waals surface area (Å²) in [5.74, 6) is 0.0691. The van der Waals surface area contributed by atoms with Crippen molar-refractivity contribution in [1.29, 1.82) is 0 Å². The molecule has 1 amide bonds. The Morgan fingerprint density at radius 3 is 2.45 bits per heavy atom. The average Bonchev–Trinajstić information content (AvgIpc) is 2.81. The SMILES string of the molecule is O=C(c1cccc2cccnc12)C1CC2CCCC(C1)N2C(=O)OCc1ccccc1. The van der Waals surface area contributed by atoms with Crippen LogP contribution in [0.5, 0.6) is 0 Å². The molecular weight excluding hydrogens is 388 g/mol. The van der Waals surface area contributed by atoms with Crippen LogP contribution >= 0.6 is 0 Å². The third-order valence-corrected chi connectivity index (χ3v) is 6.66. The Labute approximate surface area is 182 Å². The van der Waals surface area contributed by atoms with Crippen molar-refractivity contribution in [2.45, 2.75) is 50.8 Å². The van der Waals surface area contributed by atoms with E-state index in [4.69, 9.17) is 4.74 Å². The molecule has 0 radical (unpaired) electrons. The third kappa shape index (κ3) is 3.92. The molecule has 5 nitrogen and oxygen atoms in total. The first-order valence-electron chi connectivity index (χ1n) is 11.1. The van der Waals surface area contributed by atoms with Gasteiger partial charge in [-0.25, -0.2) is 4.79 Å². The minimum Gasteiger partial charge on any atom is -0.445 e. The largest absolute Gasteiger partial charge is 0.445 e. The predicted octanol–water partition coefficient (Wildman–Crippen LogP) is 5.39. The number of carbonyl (C=O) groups excluding carboxylic acids is 2. The standard InChI is InChI=1S/C26H26N2O3/c29-25(23-13-4-9-19-10-6-14-27-24(19)23)20-15-21-11-5-12-22(16-20)28(21)26(30)31-17-18-7-2-1-3-8-18/h1-4,6-10,13-14,20-22H,5,11-12,15-17H2. The van der Waals surface area contributed by atoms with Gasteiger partial charge in [-0.2, -0.15) is 0 Å². The van der Waals surface area contributed by atoms with Crippen LogP contribution in [0.2, 0.25) is 0 Å². The van der Waals surface area contributed by atoms with E-state index in [1.165, 1.54) is 0 Å². The predicted molar refractivity (Wildman–Crippen MR) is 119 cm³/mol. The summed E-state index contributed by atoms with van der Waals surface area (Å²) in [4.78, 5) is 32.7. The number of pyridine rings is 1. The second-order valence-electron chi connectivity index (χ2n) is 8.60. The third-order valence-electron chi connectivity index (χ3n) is 6.66. The Morgan fingerprint density at radius 2 is 1.68 bits per heavy atom. The smallest absolute Gasteiger partial charge is 0.410 e. The number of amides is 1. The highest BCUT2D eigenvalue weighted by atomic mass is 16.6. The minimum absolute atomic E-state index is 0.0626. The average molecular weight is 415 g/mol. The summed E-state index contributed by atoms with van der Waals surface area (Å²) in [6, 6.07) is 19.5. The van der Waals surface area contributed by atoms with E-state index in [0.29, 0.717) is 18.4 Å². The summed E-state index contributed by atoms with van der Waals surface area (Å²) in [5, 5.41) is 0.982. The summed E-state index contributed by atoms with van der Waals surface area (Å²) in [6.07, 6.45) is 5.81. The van der Waals surface area contributed by atoms with Crippen LogP contribution in [0, 0.1) is 5.92 Å². The van der Waals surface area contributed by atoms with E-state index in [1.54, 1.807) is 6.20 Å². The lowest BCUT2D eigenvalue weighted by molar-refractivity contribution is 0.00475. The lowest BCUT2D eigenvalue weighted by Gasteiger charge is -2.47. The number of fused-ring (bicyclic) bond motifs is 3. The van der Waals surface area contributed by atoms with Gasteiger partial charge in [0.15, 0.2) is 5.78 Å². The molecule has 2 saturated heterocycles. The van der Waals surface area contributed by atoms with Gasteiger partial charge in [-0.15, -0.1) is 0 Å². The first-order valence-corrected chi connectivity index (χ1v) is 11.1. The molecule has 2 aromatic carbocycles. The van der Waals surface area contributed by atoms with Crippen molar-refractivity contribution in [1.82, 2.24) is 9.88 Å². The fourth-order valence-corrected chi connectivity index (χ4v) is 5.21. The molecular formula is C26H26N2O3. The van der Waals surface area contributed by atoms with Gasteiger partial charge in [0.1, 0.15) is 6.61 Å². The molecule has 2 bridgehead atoms. The maximum absolute atomic E-state index is 13.5. The van der Waals surface area contributed by atoms with E-state index < -0.39 is 0 Å². The van der Waals surface area contributed by atoms with Crippen molar-refractivity contribution >= 4 is 22.8 Å². The van der Waals surface area contributed by atoms with Crippen LogP contribution in [0.4, 0.5) is 4.79 Å². The fourth-order valence-electron chi connectivity index (χ4n) is 5.21. The molecule has 0 spiro atoms. The Morgan fingerprint density at radius 1 is 0.935 bits per heavy atom. The summed E-state index contributed by atoms with van der Waals surface area (Å²) in [5.41, 5.74) is 2.45. The molecule has 158 valence electrons. The molecule has 1 aromatic heterocycles. The number of hydrogen-bond acceptors (Lipinski definition) is 4. The van der Waals surface area contributed by atoms with Crippen LogP contribution in [0.15, 0.2) is 66.9 Å². The summed E-state index contributed by atoms with van der Waals surface area (Å²) in [7, 11) is 0. The summed E-state index contributed by atoms with van der Waals surface area (Å²) in [6.45, 7) is 0.277. The van der Waals surface area contributed by atoms with Gasteiger partial charge < -0.3 is 9.64 Å². The fraction of sp³-hybridized carbons (Fsp3) is 0.346. The number of carbonyl (C=O) groups is 2. The topological polar surface area (TPSA) is 59.5 Å². The molecule has 2 unspecified atom stereocenters. The van der Waals surface area contributed by atoms with Crippen LogP contribution in [-0.4, -0.2) is 33.8 Å². The summed E-state index contributed by atoms with van der Waals surface area (Å²) >= 11 is 0. The molecule has 3 heterocycles. The van der Waals surface area contributed by atoms with E-state index >= 15 is 0 Å². The van der Waals surface area contributed by atoms with Crippen LogP contribution in [0.1, 0.15) is 48.0 Å². The molecule has 0 saturated carbocycles. The van der Waals surface area contributed by atoms with Gasteiger partial charge in [0, 0.05) is 35.1 Å². The monoisotopic (exact) mass is 414 g/mol. The van der Waals surface area contributed by atoms with E-state index in [2.05, 4.69) is 4.98 Å². The van der Waals surface area contributed by atoms with Gasteiger partial charge in [-0.3, -0.25) is 9.78 Å². The number of aromatic nitrogens is 1. The van der Waals surface area contributed by atoms with Gasteiger partial charge in [0.25, 0.3) is 0 Å². The maximum Gasteiger partial charge on any atom is 0.410 e. The lowest BCUT2D eigenvalue weighted by atomic mass is 9.75. The summed E-state index contributed by atoms with van der Waals surface area (Å²) < 4.78 is 5.63. The highest BCUT2D eigenvalue weighted by molar-refractivity contribution is 6.07. The van der Waals surface area contributed by atoms with E-state index in [9.17, 15) is 9.59 Å². The van der Waals surface area contributed by atoms with Crippen LogP contribution in [0.3, 0.4) is 0 Å². The Kier molecular flexibility index (Phi) is 5.41. The zero-order valence-corrected chi connectivity index (χ0v) is 17.4. The number of ketones is 1. The van der Waals surface area contributed by atoms with Gasteiger partial charge >= 0.3 is 6.09 Å². The Balaban J connectivity index is 1.31. The normalized spacial score (nSPS) is 22.8. The quantitative estimate of drug-likeness (QED) is 0.537. The number of para-hydroxylation sites is 1. The van der Waals surface area contributed by atoms with E-state index in [1.807, 2.05) is 65.6 Å². The highest BCUT2D eigenvalue weighted by Crippen LogP contribution is 2.39. The van der Waals surface area contributed by atoms with Gasteiger partial charge in [0.05, 0.1) is 5.52 Å². The number of piperidine rings is 2. The van der Waals surface area contributed by atoms with Crippen molar-refractivity contribution in [3.8, 4) is 0 Å². The second kappa shape index (κ2) is 8.50. The Bertz CT molecular complexity index is 1080. The van der Waals surface area contributed by atoms with Gasteiger partial charge in [-0.1, -0.05) is 48.5 Å². The lowest BCUT2D eigenvalue weighted by Crippen LogP contribution is -2.55. The van der Waals surface area contributed by atoms with Crippen molar-refractivity contribution in [3.05, 3.63) is 78.0 Å². The van der Waals surface area contributed by atoms with Crippen molar-refractivity contribution in [2.24, 2.45) is 5.92 Å².